The second kappa shape index (κ2) is 15.8. The molecule has 0 amide bonds. The lowest BCUT2D eigenvalue weighted by Crippen LogP contribution is -2.29. The highest BCUT2D eigenvalue weighted by Crippen LogP contribution is 2.28. The molecule has 3 atom stereocenters. The lowest BCUT2D eigenvalue weighted by molar-refractivity contribution is -0.150. The van der Waals surface area contributed by atoms with Crippen molar-refractivity contribution in [3.8, 4) is 0 Å². The van der Waals surface area contributed by atoms with E-state index in [1.807, 2.05) is 0 Å². The Balaban J connectivity index is 1.47. The molecule has 2 rings (SSSR count). The molecule has 0 spiro atoms. The van der Waals surface area contributed by atoms with E-state index in [1.54, 1.807) is 0 Å². The third-order valence-corrected chi connectivity index (χ3v) is 6.26. The zero-order valence-corrected chi connectivity index (χ0v) is 20.3. The molecule has 1 aliphatic heterocycles. The van der Waals surface area contributed by atoms with Crippen LogP contribution < -0.4 is 11.4 Å². The maximum Gasteiger partial charge on any atom is 0.351 e. The van der Waals surface area contributed by atoms with Crippen LogP contribution in [0.5, 0.6) is 0 Å². The predicted octanol–water partition coefficient (Wildman–Crippen LogP) is 4.50. The van der Waals surface area contributed by atoms with Crippen molar-refractivity contribution >= 4 is 11.8 Å². The number of ether oxygens (including phenoxy) is 2. The smallest absolute Gasteiger partial charge is 0.351 e. The summed E-state index contributed by atoms with van der Waals surface area (Å²) in [5.74, 6) is -0.142. The maximum atomic E-state index is 12.0. The number of rotatable bonds is 17. The van der Waals surface area contributed by atoms with E-state index >= 15 is 0 Å². The van der Waals surface area contributed by atoms with Crippen molar-refractivity contribution in [1.82, 2.24) is 9.55 Å². The number of esters is 1. The number of carbonyl (C=O) groups excluding carboxylic acids is 1. The number of aliphatic hydroxyl groups is 1. The third kappa shape index (κ3) is 10.7. The highest BCUT2D eigenvalue weighted by Gasteiger charge is 2.36. The van der Waals surface area contributed by atoms with Gasteiger partial charge in [-0.2, -0.15) is 4.98 Å². The molecule has 0 radical (unpaired) electrons. The van der Waals surface area contributed by atoms with Crippen LogP contribution in [-0.2, 0) is 14.3 Å². The van der Waals surface area contributed by atoms with Gasteiger partial charge in [0.15, 0.2) is 0 Å². The number of aliphatic hydroxyl groups excluding tert-OH is 1. The molecule has 1 fully saturated rings. The first-order chi connectivity index (χ1) is 16.0. The van der Waals surface area contributed by atoms with Crippen molar-refractivity contribution in [3.63, 3.8) is 0 Å². The lowest BCUT2D eigenvalue weighted by Gasteiger charge is -2.16. The largest absolute Gasteiger partial charge is 0.463 e. The van der Waals surface area contributed by atoms with Gasteiger partial charge < -0.3 is 20.3 Å². The summed E-state index contributed by atoms with van der Waals surface area (Å²) in [6, 6.07) is 1.50. The Kier molecular flexibility index (Phi) is 13.1. The van der Waals surface area contributed by atoms with E-state index in [1.165, 1.54) is 81.0 Å². The number of anilines is 1. The van der Waals surface area contributed by atoms with Gasteiger partial charge in [-0.3, -0.25) is 9.36 Å². The van der Waals surface area contributed by atoms with E-state index in [2.05, 4.69) is 11.9 Å². The van der Waals surface area contributed by atoms with E-state index in [9.17, 15) is 14.7 Å². The summed E-state index contributed by atoms with van der Waals surface area (Å²) >= 11 is 0. The summed E-state index contributed by atoms with van der Waals surface area (Å²) in [4.78, 5) is 27.6. The van der Waals surface area contributed by atoms with E-state index < -0.39 is 24.1 Å². The lowest BCUT2D eigenvalue weighted by atomic mass is 10.0. The molecule has 1 unspecified atom stereocenters. The van der Waals surface area contributed by atoms with Gasteiger partial charge in [0.25, 0.3) is 0 Å². The Morgan fingerprint density at radius 2 is 1.67 bits per heavy atom. The summed E-state index contributed by atoms with van der Waals surface area (Å²) in [5.41, 5.74) is 4.96. The average Bonchev–Trinajstić information content (AvgIpc) is 3.15. The molecule has 1 aromatic heterocycles. The van der Waals surface area contributed by atoms with Crippen molar-refractivity contribution in [2.45, 2.75) is 122 Å². The van der Waals surface area contributed by atoms with Crippen LogP contribution in [0.1, 0.15) is 109 Å². The van der Waals surface area contributed by atoms with Gasteiger partial charge in [0.1, 0.15) is 24.8 Å². The number of hydrogen-bond acceptors (Lipinski definition) is 7. The van der Waals surface area contributed by atoms with Crippen LogP contribution in [-0.4, -0.2) is 39.4 Å². The zero-order chi connectivity index (χ0) is 23.9. The van der Waals surface area contributed by atoms with E-state index in [0.717, 1.165) is 19.3 Å². The number of unbranched alkanes of at least 4 members (excludes halogenated alkanes) is 12. The number of nitrogen functional groups attached to an aromatic ring is 1. The van der Waals surface area contributed by atoms with Crippen LogP contribution in [0.4, 0.5) is 5.82 Å². The molecule has 8 nitrogen and oxygen atoms in total. The molecule has 0 aliphatic carbocycles. The number of carbonyl (C=O) groups is 1. The van der Waals surface area contributed by atoms with Gasteiger partial charge in [0, 0.05) is 19.0 Å². The normalized spacial score (nSPS) is 20.2. The minimum atomic E-state index is -0.816. The van der Waals surface area contributed by atoms with Crippen LogP contribution >= 0.6 is 0 Å². The monoisotopic (exact) mass is 465 g/mol. The Morgan fingerprint density at radius 1 is 1.09 bits per heavy atom. The topological polar surface area (TPSA) is 117 Å². The van der Waals surface area contributed by atoms with Gasteiger partial charge in [-0.1, -0.05) is 84.0 Å². The van der Waals surface area contributed by atoms with Crippen molar-refractivity contribution in [2.75, 3.05) is 12.3 Å². The van der Waals surface area contributed by atoms with Crippen LogP contribution in [0.25, 0.3) is 0 Å². The molecule has 0 aromatic carbocycles. The van der Waals surface area contributed by atoms with E-state index in [4.69, 9.17) is 15.2 Å². The van der Waals surface area contributed by atoms with Crippen LogP contribution in [0.2, 0.25) is 0 Å². The molecule has 1 aliphatic rings. The quantitative estimate of drug-likeness (QED) is 0.257. The van der Waals surface area contributed by atoms with Crippen molar-refractivity contribution in [2.24, 2.45) is 0 Å². The number of nitrogens with two attached hydrogens (primary N) is 1. The molecule has 33 heavy (non-hydrogen) atoms. The molecular formula is C25H43N3O5. The second-order valence-corrected chi connectivity index (χ2v) is 9.15. The molecule has 0 saturated carbocycles. The summed E-state index contributed by atoms with van der Waals surface area (Å²) in [5, 5.41) is 10.2. The summed E-state index contributed by atoms with van der Waals surface area (Å²) < 4.78 is 12.3. The Hall–Kier alpha value is -1.93. The first-order valence-corrected chi connectivity index (χ1v) is 12.8. The predicted molar refractivity (Wildman–Crippen MR) is 129 cm³/mol. The molecule has 3 N–H and O–H groups in total. The van der Waals surface area contributed by atoms with Gasteiger partial charge in [-0.15, -0.1) is 0 Å². The summed E-state index contributed by atoms with van der Waals surface area (Å²) in [6.07, 6.45) is 16.3. The van der Waals surface area contributed by atoms with Crippen molar-refractivity contribution in [1.29, 1.82) is 0 Å². The molecule has 0 bridgehead atoms. The van der Waals surface area contributed by atoms with Crippen molar-refractivity contribution < 1.29 is 19.4 Å². The molecule has 1 saturated heterocycles. The summed E-state index contributed by atoms with van der Waals surface area (Å²) in [6.45, 7) is 2.23. The molecule has 8 heteroatoms. The highest BCUT2D eigenvalue weighted by molar-refractivity contribution is 5.69. The molecule has 2 heterocycles. The number of aromatic nitrogens is 2. The zero-order valence-electron chi connectivity index (χ0n) is 20.3. The van der Waals surface area contributed by atoms with Crippen LogP contribution in [0, 0.1) is 0 Å². The van der Waals surface area contributed by atoms with Crippen molar-refractivity contribution in [3.05, 3.63) is 22.7 Å². The van der Waals surface area contributed by atoms with E-state index in [0.29, 0.717) is 6.42 Å². The Bertz CT molecular complexity index is 739. The Morgan fingerprint density at radius 3 is 2.24 bits per heavy atom. The third-order valence-electron chi connectivity index (χ3n) is 6.26. The fourth-order valence-electron chi connectivity index (χ4n) is 4.22. The minimum Gasteiger partial charge on any atom is -0.463 e. The molecular weight excluding hydrogens is 422 g/mol. The highest BCUT2D eigenvalue weighted by atomic mass is 16.6. The fourth-order valence-corrected chi connectivity index (χ4v) is 4.22. The Labute approximate surface area is 197 Å². The first-order valence-electron chi connectivity index (χ1n) is 12.8. The summed E-state index contributed by atoms with van der Waals surface area (Å²) in [7, 11) is 0. The van der Waals surface area contributed by atoms with Gasteiger partial charge in [-0.05, 0) is 12.5 Å². The SMILES string of the molecule is CCCCCCCCCCCCCCCC(=O)OC[C@H]1O[C@@H](n2ccc(N)nc2=O)CC1O. The fraction of sp³-hybridized carbons (Fsp3) is 0.800. The minimum absolute atomic E-state index is 0.0217. The molecule has 188 valence electrons. The standard InChI is InChI=1S/C25H43N3O5/c1-2-3-4-5-6-7-8-9-10-11-12-13-14-15-24(30)32-19-21-20(29)18-23(33-21)28-17-16-22(26)27-25(28)31/h16-17,20-21,23,29H,2-15,18-19H2,1H3,(H2,26,27,31)/t20?,21-,23-/m1/s1. The molecule has 1 aromatic rings. The maximum absolute atomic E-state index is 12.0. The van der Waals surface area contributed by atoms with Gasteiger partial charge in [0.05, 0.1) is 6.10 Å². The van der Waals surface area contributed by atoms with Gasteiger partial charge in [-0.25, -0.2) is 4.79 Å². The average molecular weight is 466 g/mol. The second-order valence-electron chi connectivity index (χ2n) is 9.15. The van der Waals surface area contributed by atoms with E-state index in [-0.39, 0.29) is 24.8 Å². The van der Waals surface area contributed by atoms with Crippen LogP contribution in [0.15, 0.2) is 17.1 Å². The van der Waals surface area contributed by atoms with Crippen LogP contribution in [0.3, 0.4) is 0 Å². The first kappa shape index (κ1) is 27.3. The number of hydrogen-bond donors (Lipinski definition) is 2. The number of nitrogens with zero attached hydrogens (tertiary/aromatic N) is 2. The van der Waals surface area contributed by atoms with Gasteiger partial charge >= 0.3 is 11.7 Å². The van der Waals surface area contributed by atoms with Gasteiger partial charge in [0.2, 0.25) is 0 Å².